The van der Waals surface area contributed by atoms with E-state index in [4.69, 9.17) is 0 Å². The van der Waals surface area contributed by atoms with Crippen LogP contribution in [0.15, 0.2) is 41.4 Å². The Labute approximate surface area is 169 Å². The Kier molecular flexibility index (Phi) is 6.49. The molecular formula is C22H26F2N4O. The fraction of sp³-hybridized carbons (Fsp3) is 0.318. The third kappa shape index (κ3) is 4.92. The van der Waals surface area contributed by atoms with Crippen LogP contribution in [0.1, 0.15) is 26.3 Å². The second-order valence-corrected chi connectivity index (χ2v) is 7.03. The molecule has 1 atom stereocenters. The molecule has 1 aromatic heterocycles. The lowest BCUT2D eigenvalue weighted by molar-refractivity contribution is 0.294. The van der Waals surface area contributed by atoms with Crippen LogP contribution in [0.25, 0.3) is 10.9 Å². The molecule has 0 bridgehead atoms. The van der Waals surface area contributed by atoms with Crippen molar-refractivity contribution in [2.45, 2.75) is 26.8 Å². The van der Waals surface area contributed by atoms with Crippen molar-refractivity contribution in [1.29, 1.82) is 0 Å². The number of fused-ring (bicyclic) bond motifs is 1. The average Bonchev–Trinajstić information content (AvgIpc) is 3.00. The van der Waals surface area contributed by atoms with E-state index in [2.05, 4.69) is 34.0 Å². The normalized spacial score (nSPS) is 12.9. The molecule has 3 N–H and O–H groups in total. The highest BCUT2D eigenvalue weighted by molar-refractivity contribution is 6.02. The van der Waals surface area contributed by atoms with Crippen LogP contribution in [0.3, 0.4) is 0 Å². The maximum atomic E-state index is 14.5. The van der Waals surface area contributed by atoms with Crippen molar-refractivity contribution in [2.24, 2.45) is 4.99 Å². The Morgan fingerprint density at radius 3 is 2.62 bits per heavy atom. The largest absolute Gasteiger partial charge is 0.494 e. The zero-order chi connectivity index (χ0) is 21.0. The van der Waals surface area contributed by atoms with Gasteiger partial charge in [0.25, 0.3) is 0 Å². The Hall–Kier alpha value is -2.93. The molecule has 0 radical (unpaired) electrons. The molecule has 0 aliphatic rings. The van der Waals surface area contributed by atoms with E-state index in [9.17, 15) is 13.9 Å². The number of aromatic hydroxyl groups is 1. The number of halogens is 2. The van der Waals surface area contributed by atoms with Crippen molar-refractivity contribution in [2.75, 3.05) is 25.0 Å². The number of nitrogens with zero attached hydrogens (tertiary/aromatic N) is 2. The summed E-state index contributed by atoms with van der Waals surface area (Å²) in [7, 11) is 0. The molecule has 3 rings (SSSR count). The molecule has 0 saturated heterocycles. The van der Waals surface area contributed by atoms with E-state index in [-0.39, 0.29) is 11.9 Å². The molecule has 0 spiro atoms. The zero-order valence-electron chi connectivity index (χ0n) is 16.8. The number of aromatic amines is 1. The standard InChI is InChI=1S/C22H26F2N4O/c1-4-28(5-2)13-14(3)26-20-9-7-16(11-19(20)24)25-12-18-17-8-6-15(23)10-21(17)27-22(18)29/h6-12,14,26-27,29H,4-5,13H2,1-3H3. The number of benzene rings is 2. The van der Waals surface area contributed by atoms with Crippen LogP contribution in [-0.2, 0) is 0 Å². The van der Waals surface area contributed by atoms with Gasteiger partial charge in [-0.25, -0.2) is 8.78 Å². The number of hydrogen-bond acceptors (Lipinski definition) is 4. The summed E-state index contributed by atoms with van der Waals surface area (Å²) in [6.07, 6.45) is 1.44. The highest BCUT2D eigenvalue weighted by Gasteiger charge is 2.11. The summed E-state index contributed by atoms with van der Waals surface area (Å²) < 4.78 is 27.8. The molecule has 29 heavy (non-hydrogen) atoms. The lowest BCUT2D eigenvalue weighted by Crippen LogP contribution is -2.34. The molecule has 1 unspecified atom stereocenters. The summed E-state index contributed by atoms with van der Waals surface area (Å²) in [6, 6.07) is 8.98. The number of likely N-dealkylation sites (N-methyl/N-ethyl adjacent to an activating group) is 1. The number of H-pyrrole nitrogens is 1. The van der Waals surface area contributed by atoms with Crippen molar-refractivity contribution in [3.63, 3.8) is 0 Å². The number of aromatic nitrogens is 1. The molecule has 154 valence electrons. The maximum absolute atomic E-state index is 14.5. The van der Waals surface area contributed by atoms with Gasteiger partial charge in [-0.3, -0.25) is 4.99 Å². The second-order valence-electron chi connectivity index (χ2n) is 7.03. The molecule has 5 nitrogen and oxygen atoms in total. The van der Waals surface area contributed by atoms with Crippen molar-refractivity contribution in [3.05, 3.63) is 53.6 Å². The van der Waals surface area contributed by atoms with Crippen LogP contribution >= 0.6 is 0 Å². The summed E-state index contributed by atoms with van der Waals surface area (Å²) in [6.45, 7) is 8.95. The summed E-state index contributed by atoms with van der Waals surface area (Å²) in [5.74, 6) is -0.905. The van der Waals surface area contributed by atoms with E-state index < -0.39 is 11.6 Å². The monoisotopic (exact) mass is 400 g/mol. The van der Waals surface area contributed by atoms with Gasteiger partial charge in [-0.2, -0.15) is 0 Å². The molecule has 2 aromatic carbocycles. The first-order valence-corrected chi connectivity index (χ1v) is 9.74. The van der Waals surface area contributed by atoms with E-state index in [0.717, 1.165) is 19.6 Å². The lowest BCUT2D eigenvalue weighted by Gasteiger charge is -2.24. The minimum Gasteiger partial charge on any atom is -0.494 e. The number of aliphatic imine (C=N–C) groups is 1. The number of rotatable bonds is 8. The Balaban J connectivity index is 1.75. The highest BCUT2D eigenvalue weighted by Crippen LogP contribution is 2.27. The van der Waals surface area contributed by atoms with E-state index in [0.29, 0.717) is 27.8 Å². The first-order chi connectivity index (χ1) is 13.9. The smallest absolute Gasteiger partial charge is 0.198 e. The SMILES string of the molecule is CCN(CC)CC(C)Nc1ccc(N=Cc2c(O)[nH]c3cc(F)ccc23)cc1F. The van der Waals surface area contributed by atoms with Gasteiger partial charge in [0.15, 0.2) is 5.88 Å². The third-order valence-electron chi connectivity index (χ3n) is 4.90. The molecule has 0 aliphatic carbocycles. The number of hydrogen-bond donors (Lipinski definition) is 3. The predicted octanol–water partition coefficient (Wildman–Crippen LogP) is 5.04. The Morgan fingerprint density at radius 1 is 1.17 bits per heavy atom. The fourth-order valence-electron chi connectivity index (χ4n) is 3.33. The van der Waals surface area contributed by atoms with Crippen LogP contribution in [0.4, 0.5) is 20.2 Å². The van der Waals surface area contributed by atoms with E-state index in [1.807, 2.05) is 6.92 Å². The molecule has 0 aliphatic heterocycles. The first kappa shape index (κ1) is 20.8. The third-order valence-corrected chi connectivity index (χ3v) is 4.90. The van der Waals surface area contributed by atoms with E-state index in [1.165, 1.54) is 24.4 Å². The highest BCUT2D eigenvalue weighted by atomic mass is 19.1. The van der Waals surface area contributed by atoms with Crippen LogP contribution in [0.5, 0.6) is 5.88 Å². The topological polar surface area (TPSA) is 63.6 Å². The van der Waals surface area contributed by atoms with Gasteiger partial charge < -0.3 is 20.3 Å². The van der Waals surface area contributed by atoms with Gasteiger partial charge in [0.05, 0.1) is 22.5 Å². The van der Waals surface area contributed by atoms with Crippen molar-refractivity contribution < 1.29 is 13.9 Å². The van der Waals surface area contributed by atoms with Crippen molar-refractivity contribution in [3.8, 4) is 5.88 Å². The second kappa shape index (κ2) is 9.05. The summed E-state index contributed by atoms with van der Waals surface area (Å²) in [5, 5.41) is 13.9. The molecule has 0 amide bonds. The van der Waals surface area contributed by atoms with Crippen LogP contribution < -0.4 is 5.32 Å². The predicted molar refractivity (Wildman–Crippen MR) is 114 cm³/mol. The van der Waals surface area contributed by atoms with E-state index >= 15 is 0 Å². The molecular weight excluding hydrogens is 374 g/mol. The summed E-state index contributed by atoms with van der Waals surface area (Å²) in [5.41, 5.74) is 1.74. The van der Waals surface area contributed by atoms with Gasteiger partial charge in [0.1, 0.15) is 11.6 Å². The molecule has 0 saturated carbocycles. The van der Waals surface area contributed by atoms with Gasteiger partial charge in [0, 0.05) is 30.3 Å². The fourth-order valence-corrected chi connectivity index (χ4v) is 3.33. The minimum absolute atomic E-state index is 0.0994. The summed E-state index contributed by atoms with van der Waals surface area (Å²) in [4.78, 5) is 9.24. The minimum atomic E-state index is -0.400. The van der Waals surface area contributed by atoms with Crippen molar-refractivity contribution >= 4 is 28.5 Å². The number of anilines is 1. The molecule has 1 heterocycles. The first-order valence-electron chi connectivity index (χ1n) is 9.74. The van der Waals surface area contributed by atoms with Crippen LogP contribution in [0, 0.1) is 11.6 Å². The van der Waals surface area contributed by atoms with Crippen LogP contribution in [0.2, 0.25) is 0 Å². The average molecular weight is 400 g/mol. The molecule has 0 fully saturated rings. The van der Waals surface area contributed by atoms with E-state index in [1.54, 1.807) is 18.2 Å². The lowest BCUT2D eigenvalue weighted by atomic mass is 10.2. The van der Waals surface area contributed by atoms with Gasteiger partial charge >= 0.3 is 0 Å². The molecule has 7 heteroatoms. The number of nitrogens with one attached hydrogen (secondary N) is 2. The van der Waals surface area contributed by atoms with Gasteiger partial charge in [-0.15, -0.1) is 0 Å². The zero-order valence-corrected chi connectivity index (χ0v) is 16.8. The van der Waals surface area contributed by atoms with Gasteiger partial charge in [-0.1, -0.05) is 13.8 Å². The maximum Gasteiger partial charge on any atom is 0.198 e. The van der Waals surface area contributed by atoms with Gasteiger partial charge in [0.2, 0.25) is 0 Å². The van der Waals surface area contributed by atoms with Gasteiger partial charge in [-0.05, 0) is 50.3 Å². The quantitative estimate of drug-likeness (QED) is 0.464. The summed E-state index contributed by atoms with van der Waals surface area (Å²) >= 11 is 0. The molecule has 3 aromatic rings. The van der Waals surface area contributed by atoms with Crippen molar-refractivity contribution in [1.82, 2.24) is 9.88 Å². The Bertz CT molecular complexity index is 1010. The Morgan fingerprint density at radius 2 is 1.93 bits per heavy atom. The van der Waals surface area contributed by atoms with Crippen LogP contribution in [-0.4, -0.2) is 46.9 Å².